The highest BCUT2D eigenvalue weighted by atomic mass is 32.2. The number of hydrogen-bond acceptors (Lipinski definition) is 4. The highest BCUT2D eigenvalue weighted by Crippen LogP contribution is 2.21. The van der Waals surface area contributed by atoms with E-state index >= 15 is 0 Å². The summed E-state index contributed by atoms with van der Waals surface area (Å²) in [5.41, 5.74) is 6.60. The Morgan fingerprint density at radius 1 is 1.24 bits per heavy atom. The lowest BCUT2D eigenvalue weighted by molar-refractivity contribution is -0.116. The van der Waals surface area contributed by atoms with Gasteiger partial charge in [-0.25, -0.2) is 8.42 Å². The van der Waals surface area contributed by atoms with Crippen LogP contribution in [0.25, 0.3) is 0 Å². The SMILES string of the molecule is CC(C)(C)CC(N)CC(=O)Nc1ccc(S(C)(=O)=O)cc1. The first kappa shape index (κ1) is 17.7. The second-order valence-electron chi connectivity index (χ2n) is 6.57. The molecule has 0 saturated heterocycles. The van der Waals surface area contributed by atoms with Gasteiger partial charge in [-0.15, -0.1) is 0 Å². The molecule has 0 aliphatic heterocycles. The fourth-order valence-corrected chi connectivity index (χ4v) is 2.72. The van der Waals surface area contributed by atoms with Gasteiger partial charge in [0.25, 0.3) is 0 Å². The van der Waals surface area contributed by atoms with E-state index in [0.29, 0.717) is 5.69 Å². The van der Waals surface area contributed by atoms with Crippen LogP contribution in [0.5, 0.6) is 0 Å². The largest absolute Gasteiger partial charge is 0.327 e. The fourth-order valence-electron chi connectivity index (χ4n) is 2.09. The van der Waals surface area contributed by atoms with Crippen LogP contribution in [0, 0.1) is 5.41 Å². The van der Waals surface area contributed by atoms with Crippen LogP contribution >= 0.6 is 0 Å². The minimum Gasteiger partial charge on any atom is -0.327 e. The van der Waals surface area contributed by atoms with E-state index in [1.54, 1.807) is 12.1 Å². The Kier molecular flexibility index (Phi) is 5.53. The molecular formula is C15H24N2O3S. The number of nitrogens with two attached hydrogens (primary N) is 1. The maximum absolute atomic E-state index is 11.9. The molecular weight excluding hydrogens is 288 g/mol. The molecule has 21 heavy (non-hydrogen) atoms. The molecule has 1 rings (SSSR count). The molecule has 1 atom stereocenters. The van der Waals surface area contributed by atoms with Crippen molar-refractivity contribution in [1.82, 2.24) is 0 Å². The number of carbonyl (C=O) groups is 1. The monoisotopic (exact) mass is 312 g/mol. The molecule has 1 aromatic rings. The first-order chi connectivity index (χ1) is 9.47. The maximum Gasteiger partial charge on any atom is 0.225 e. The summed E-state index contributed by atoms with van der Waals surface area (Å²) in [7, 11) is -3.22. The smallest absolute Gasteiger partial charge is 0.225 e. The van der Waals surface area contributed by atoms with Gasteiger partial charge < -0.3 is 11.1 Å². The van der Waals surface area contributed by atoms with E-state index in [1.807, 2.05) is 0 Å². The molecule has 0 aromatic heterocycles. The number of carbonyl (C=O) groups excluding carboxylic acids is 1. The first-order valence-electron chi connectivity index (χ1n) is 6.83. The predicted molar refractivity (Wildman–Crippen MR) is 84.8 cm³/mol. The van der Waals surface area contributed by atoms with E-state index in [0.717, 1.165) is 12.7 Å². The standard InChI is InChI=1S/C15H24N2O3S/c1-15(2,3)10-11(16)9-14(18)17-12-5-7-13(8-6-12)21(4,19)20/h5-8,11H,9-10,16H2,1-4H3,(H,17,18). The van der Waals surface area contributed by atoms with Crippen molar-refractivity contribution in [2.75, 3.05) is 11.6 Å². The molecule has 0 aliphatic rings. The van der Waals surface area contributed by atoms with Gasteiger partial charge in [0.2, 0.25) is 5.91 Å². The molecule has 1 unspecified atom stereocenters. The Hall–Kier alpha value is -1.40. The van der Waals surface area contributed by atoms with Crippen molar-refractivity contribution in [3.05, 3.63) is 24.3 Å². The Balaban J connectivity index is 2.59. The zero-order valence-corrected chi connectivity index (χ0v) is 13.8. The molecule has 1 aromatic carbocycles. The number of anilines is 1. The number of amides is 1. The number of sulfone groups is 1. The van der Waals surface area contributed by atoms with Gasteiger partial charge in [-0.1, -0.05) is 20.8 Å². The molecule has 118 valence electrons. The van der Waals surface area contributed by atoms with Crippen molar-refractivity contribution < 1.29 is 13.2 Å². The fraction of sp³-hybridized carbons (Fsp3) is 0.533. The van der Waals surface area contributed by atoms with E-state index in [-0.39, 0.29) is 28.7 Å². The van der Waals surface area contributed by atoms with E-state index in [4.69, 9.17) is 5.73 Å². The highest BCUT2D eigenvalue weighted by molar-refractivity contribution is 7.90. The third-order valence-electron chi connectivity index (χ3n) is 2.89. The molecule has 3 N–H and O–H groups in total. The van der Waals surface area contributed by atoms with Gasteiger partial charge in [-0.05, 0) is 36.1 Å². The second-order valence-corrected chi connectivity index (χ2v) is 8.59. The maximum atomic E-state index is 11.9. The van der Waals surface area contributed by atoms with Crippen LogP contribution in [0.15, 0.2) is 29.2 Å². The molecule has 0 spiro atoms. The number of rotatable bonds is 5. The minimum absolute atomic E-state index is 0.0802. The van der Waals surface area contributed by atoms with Crippen molar-refractivity contribution in [3.63, 3.8) is 0 Å². The average Bonchev–Trinajstić information content (AvgIpc) is 2.25. The quantitative estimate of drug-likeness (QED) is 0.872. The van der Waals surface area contributed by atoms with Crippen LogP contribution in [0.3, 0.4) is 0 Å². The van der Waals surface area contributed by atoms with Gasteiger partial charge in [0.1, 0.15) is 0 Å². The second kappa shape index (κ2) is 6.58. The summed E-state index contributed by atoms with van der Waals surface area (Å²) in [4.78, 5) is 12.1. The Bertz CT molecular complexity index is 586. The number of benzene rings is 1. The van der Waals surface area contributed by atoms with Gasteiger partial charge in [0, 0.05) is 24.4 Å². The molecule has 0 radical (unpaired) electrons. The Morgan fingerprint density at radius 2 is 1.76 bits per heavy atom. The third-order valence-corrected chi connectivity index (χ3v) is 4.02. The summed E-state index contributed by atoms with van der Waals surface area (Å²) >= 11 is 0. The van der Waals surface area contributed by atoms with Gasteiger partial charge >= 0.3 is 0 Å². The van der Waals surface area contributed by atoms with Gasteiger partial charge in [-0.2, -0.15) is 0 Å². The first-order valence-corrected chi connectivity index (χ1v) is 8.72. The van der Waals surface area contributed by atoms with Crippen LogP contribution in [-0.2, 0) is 14.6 Å². The van der Waals surface area contributed by atoms with Crippen molar-refractivity contribution in [1.29, 1.82) is 0 Å². The molecule has 0 bridgehead atoms. The van der Waals surface area contributed by atoms with Crippen molar-refractivity contribution >= 4 is 21.4 Å². The lowest BCUT2D eigenvalue weighted by atomic mass is 9.87. The molecule has 5 nitrogen and oxygen atoms in total. The van der Waals surface area contributed by atoms with Crippen LogP contribution in [0.4, 0.5) is 5.69 Å². The van der Waals surface area contributed by atoms with Crippen molar-refractivity contribution in [3.8, 4) is 0 Å². The molecule has 0 saturated carbocycles. The van der Waals surface area contributed by atoms with E-state index < -0.39 is 9.84 Å². The van der Waals surface area contributed by atoms with Gasteiger partial charge in [0.05, 0.1) is 4.90 Å². The molecule has 0 heterocycles. The molecule has 0 fully saturated rings. The summed E-state index contributed by atoms with van der Waals surface area (Å²) in [5.74, 6) is -0.168. The van der Waals surface area contributed by atoms with E-state index in [1.165, 1.54) is 12.1 Å². The summed E-state index contributed by atoms with van der Waals surface area (Å²) in [6, 6.07) is 5.90. The van der Waals surface area contributed by atoms with Crippen LogP contribution in [-0.4, -0.2) is 26.6 Å². The summed E-state index contributed by atoms with van der Waals surface area (Å²) in [5, 5.41) is 2.72. The molecule has 6 heteroatoms. The predicted octanol–water partition coefficient (Wildman–Crippen LogP) is 2.18. The molecule has 1 amide bonds. The number of nitrogens with one attached hydrogen (secondary N) is 1. The van der Waals surface area contributed by atoms with Crippen LogP contribution < -0.4 is 11.1 Å². The highest BCUT2D eigenvalue weighted by Gasteiger charge is 2.18. The van der Waals surface area contributed by atoms with Gasteiger partial charge in [-0.3, -0.25) is 4.79 Å². The Labute approximate surface area is 126 Å². The number of hydrogen-bond donors (Lipinski definition) is 2. The third kappa shape index (κ3) is 6.73. The lowest BCUT2D eigenvalue weighted by Gasteiger charge is -2.22. The summed E-state index contributed by atoms with van der Waals surface area (Å²) in [6.45, 7) is 6.23. The lowest BCUT2D eigenvalue weighted by Crippen LogP contribution is -2.31. The zero-order valence-electron chi connectivity index (χ0n) is 13.0. The van der Waals surface area contributed by atoms with Crippen molar-refractivity contribution in [2.45, 2.75) is 44.6 Å². The van der Waals surface area contributed by atoms with E-state index in [2.05, 4.69) is 26.1 Å². The van der Waals surface area contributed by atoms with Crippen molar-refractivity contribution in [2.24, 2.45) is 11.1 Å². The zero-order chi connectivity index (χ0) is 16.3. The van der Waals surface area contributed by atoms with Crippen LogP contribution in [0.1, 0.15) is 33.6 Å². The topological polar surface area (TPSA) is 89.3 Å². The van der Waals surface area contributed by atoms with Gasteiger partial charge in [0.15, 0.2) is 9.84 Å². The normalized spacial score (nSPS) is 13.8. The summed E-state index contributed by atoms with van der Waals surface area (Å²) < 4.78 is 22.7. The minimum atomic E-state index is -3.22. The van der Waals surface area contributed by atoms with E-state index in [9.17, 15) is 13.2 Å². The van der Waals surface area contributed by atoms with Crippen LogP contribution in [0.2, 0.25) is 0 Å². The average molecular weight is 312 g/mol. The summed E-state index contributed by atoms with van der Waals surface area (Å²) in [6.07, 6.45) is 2.14. The molecule has 0 aliphatic carbocycles. The Morgan fingerprint density at radius 3 is 2.19 bits per heavy atom.